The van der Waals surface area contributed by atoms with E-state index in [2.05, 4.69) is 15.1 Å². The molecule has 7 heteroatoms. The SMILES string of the molecule is Cc1ccc2c(c1)OCC(C(O)CN1CCN(CC(=O)Nc3c(C)cccc3C)CC1)O2. The first-order valence-corrected chi connectivity index (χ1v) is 11.3. The molecule has 2 aromatic carbocycles. The maximum absolute atomic E-state index is 12.5. The first-order valence-electron chi connectivity index (χ1n) is 11.3. The average molecular weight is 440 g/mol. The number of para-hydroxylation sites is 1. The minimum absolute atomic E-state index is 0.0116. The fourth-order valence-electron chi connectivity index (χ4n) is 4.29. The molecular formula is C25H33N3O4. The van der Waals surface area contributed by atoms with Gasteiger partial charge in [-0.05, 0) is 49.6 Å². The number of anilines is 1. The molecule has 0 bridgehead atoms. The molecule has 1 saturated heterocycles. The molecule has 172 valence electrons. The number of benzene rings is 2. The van der Waals surface area contributed by atoms with Gasteiger partial charge in [-0.1, -0.05) is 24.3 Å². The van der Waals surface area contributed by atoms with E-state index in [1.807, 2.05) is 57.2 Å². The van der Waals surface area contributed by atoms with Crippen molar-refractivity contribution in [3.63, 3.8) is 0 Å². The summed E-state index contributed by atoms with van der Waals surface area (Å²) in [6.07, 6.45) is -1.02. The van der Waals surface area contributed by atoms with Crippen LogP contribution in [0.4, 0.5) is 5.69 Å². The molecule has 2 heterocycles. The molecule has 1 fully saturated rings. The number of carbonyl (C=O) groups is 1. The second kappa shape index (κ2) is 9.90. The fraction of sp³-hybridized carbons (Fsp3) is 0.480. The molecule has 0 saturated carbocycles. The topological polar surface area (TPSA) is 74.3 Å². The smallest absolute Gasteiger partial charge is 0.238 e. The quantitative estimate of drug-likeness (QED) is 0.720. The number of amides is 1. The molecule has 0 aromatic heterocycles. The van der Waals surface area contributed by atoms with Gasteiger partial charge in [0.25, 0.3) is 0 Å². The van der Waals surface area contributed by atoms with E-state index in [0.717, 1.165) is 54.3 Å². The van der Waals surface area contributed by atoms with Crippen LogP contribution in [-0.2, 0) is 4.79 Å². The van der Waals surface area contributed by atoms with Crippen molar-refractivity contribution in [2.45, 2.75) is 33.0 Å². The van der Waals surface area contributed by atoms with Gasteiger partial charge < -0.3 is 19.9 Å². The number of carbonyl (C=O) groups excluding carboxylic acids is 1. The van der Waals surface area contributed by atoms with Gasteiger partial charge in [-0.15, -0.1) is 0 Å². The summed E-state index contributed by atoms with van der Waals surface area (Å²) in [4.78, 5) is 16.9. The number of β-amino-alcohol motifs (C(OH)–C–C–N with tert-alkyl or cyclic N) is 1. The molecule has 2 aromatic rings. The Hall–Kier alpha value is -2.61. The van der Waals surface area contributed by atoms with Crippen LogP contribution in [0.5, 0.6) is 11.5 Å². The van der Waals surface area contributed by atoms with Crippen molar-refractivity contribution < 1.29 is 19.4 Å². The van der Waals surface area contributed by atoms with Crippen LogP contribution in [0.15, 0.2) is 36.4 Å². The van der Waals surface area contributed by atoms with Crippen molar-refractivity contribution in [2.75, 3.05) is 51.2 Å². The van der Waals surface area contributed by atoms with Gasteiger partial charge in [-0.2, -0.15) is 0 Å². The lowest BCUT2D eigenvalue weighted by molar-refractivity contribution is -0.117. The molecule has 0 aliphatic carbocycles. The summed E-state index contributed by atoms with van der Waals surface area (Å²) < 4.78 is 11.8. The van der Waals surface area contributed by atoms with Gasteiger partial charge >= 0.3 is 0 Å². The van der Waals surface area contributed by atoms with Crippen molar-refractivity contribution >= 4 is 11.6 Å². The second-order valence-corrected chi connectivity index (χ2v) is 8.88. The van der Waals surface area contributed by atoms with E-state index in [0.29, 0.717) is 25.4 Å². The number of aryl methyl sites for hydroxylation is 3. The van der Waals surface area contributed by atoms with Crippen LogP contribution < -0.4 is 14.8 Å². The lowest BCUT2D eigenvalue weighted by Crippen LogP contribution is -2.53. The molecule has 0 radical (unpaired) electrons. The molecule has 2 aliphatic rings. The molecular weight excluding hydrogens is 406 g/mol. The van der Waals surface area contributed by atoms with Gasteiger partial charge in [0.2, 0.25) is 5.91 Å². The zero-order valence-electron chi connectivity index (χ0n) is 19.1. The van der Waals surface area contributed by atoms with Crippen molar-refractivity contribution in [3.8, 4) is 11.5 Å². The zero-order chi connectivity index (χ0) is 22.7. The minimum atomic E-state index is -0.636. The highest BCUT2D eigenvalue weighted by atomic mass is 16.6. The van der Waals surface area contributed by atoms with Crippen LogP contribution in [0, 0.1) is 20.8 Å². The Kier molecular flexibility index (Phi) is 6.98. The van der Waals surface area contributed by atoms with Gasteiger partial charge in [0, 0.05) is 38.4 Å². The van der Waals surface area contributed by atoms with Gasteiger partial charge in [0.1, 0.15) is 12.7 Å². The molecule has 7 nitrogen and oxygen atoms in total. The maximum Gasteiger partial charge on any atom is 0.238 e. The highest BCUT2D eigenvalue weighted by molar-refractivity contribution is 5.93. The number of piperazine rings is 1. The van der Waals surface area contributed by atoms with Crippen LogP contribution in [0.1, 0.15) is 16.7 Å². The predicted molar refractivity (Wildman–Crippen MR) is 125 cm³/mol. The van der Waals surface area contributed by atoms with E-state index in [4.69, 9.17) is 9.47 Å². The highest BCUT2D eigenvalue weighted by Crippen LogP contribution is 2.33. The Morgan fingerprint density at radius 1 is 1.06 bits per heavy atom. The molecule has 4 rings (SSSR count). The number of fused-ring (bicyclic) bond motifs is 1. The van der Waals surface area contributed by atoms with Crippen LogP contribution in [0.3, 0.4) is 0 Å². The Balaban J connectivity index is 1.22. The number of ether oxygens (including phenoxy) is 2. The van der Waals surface area contributed by atoms with Gasteiger partial charge in [0.05, 0.1) is 6.54 Å². The second-order valence-electron chi connectivity index (χ2n) is 8.88. The number of nitrogens with zero attached hydrogens (tertiary/aromatic N) is 2. The van der Waals surface area contributed by atoms with Gasteiger partial charge in [0.15, 0.2) is 17.6 Å². The Morgan fingerprint density at radius 3 is 2.47 bits per heavy atom. The number of hydrogen-bond donors (Lipinski definition) is 2. The third-order valence-electron chi connectivity index (χ3n) is 6.23. The van der Waals surface area contributed by atoms with E-state index in [1.165, 1.54) is 0 Å². The number of nitrogens with one attached hydrogen (secondary N) is 1. The largest absolute Gasteiger partial charge is 0.486 e. The summed E-state index contributed by atoms with van der Waals surface area (Å²) >= 11 is 0. The average Bonchev–Trinajstić information content (AvgIpc) is 2.77. The first kappa shape index (κ1) is 22.6. The summed E-state index contributed by atoms with van der Waals surface area (Å²) in [5.41, 5.74) is 4.17. The molecule has 2 N–H and O–H groups in total. The van der Waals surface area contributed by atoms with Crippen molar-refractivity contribution in [1.82, 2.24) is 9.80 Å². The molecule has 1 amide bonds. The van der Waals surface area contributed by atoms with E-state index in [9.17, 15) is 9.90 Å². The normalized spacial score (nSPS) is 20.1. The predicted octanol–water partition coefficient (Wildman–Crippen LogP) is 2.37. The summed E-state index contributed by atoms with van der Waals surface area (Å²) in [6, 6.07) is 11.8. The zero-order valence-corrected chi connectivity index (χ0v) is 19.1. The molecule has 32 heavy (non-hydrogen) atoms. The standard InChI is InChI=1S/C25H33N3O4/c1-17-7-8-21-22(13-17)31-16-23(32-21)20(29)14-27-9-11-28(12-10-27)15-24(30)26-25-18(2)5-4-6-19(25)3/h4-8,13,20,23,29H,9-12,14-16H2,1-3H3,(H,26,30). The van der Waals surface area contributed by atoms with Crippen LogP contribution in [0.2, 0.25) is 0 Å². The van der Waals surface area contributed by atoms with E-state index >= 15 is 0 Å². The number of hydrogen-bond acceptors (Lipinski definition) is 6. The first-order chi connectivity index (χ1) is 15.4. The van der Waals surface area contributed by atoms with Crippen molar-refractivity contribution in [3.05, 3.63) is 53.1 Å². The molecule has 2 atom stereocenters. The summed E-state index contributed by atoms with van der Waals surface area (Å²) in [7, 11) is 0. The Labute approximate surface area is 189 Å². The fourth-order valence-corrected chi connectivity index (χ4v) is 4.29. The van der Waals surface area contributed by atoms with E-state index in [-0.39, 0.29) is 12.0 Å². The van der Waals surface area contributed by atoms with E-state index in [1.54, 1.807) is 0 Å². The highest BCUT2D eigenvalue weighted by Gasteiger charge is 2.30. The van der Waals surface area contributed by atoms with Gasteiger partial charge in [-0.3, -0.25) is 14.6 Å². The number of aliphatic hydroxyl groups is 1. The third kappa shape index (κ3) is 5.41. The summed E-state index contributed by atoms with van der Waals surface area (Å²) in [5, 5.41) is 13.8. The van der Waals surface area contributed by atoms with E-state index < -0.39 is 6.10 Å². The third-order valence-corrected chi connectivity index (χ3v) is 6.23. The lowest BCUT2D eigenvalue weighted by Gasteiger charge is -2.37. The Morgan fingerprint density at radius 2 is 1.75 bits per heavy atom. The van der Waals surface area contributed by atoms with Crippen molar-refractivity contribution in [1.29, 1.82) is 0 Å². The molecule has 2 aliphatic heterocycles. The summed E-state index contributed by atoms with van der Waals surface area (Å²) in [5.74, 6) is 1.43. The Bertz CT molecular complexity index is 936. The van der Waals surface area contributed by atoms with Gasteiger partial charge in [-0.25, -0.2) is 0 Å². The molecule has 2 unspecified atom stereocenters. The van der Waals surface area contributed by atoms with Crippen LogP contribution in [0.25, 0.3) is 0 Å². The minimum Gasteiger partial charge on any atom is -0.486 e. The maximum atomic E-state index is 12.5. The monoisotopic (exact) mass is 439 g/mol. The van der Waals surface area contributed by atoms with Crippen LogP contribution in [-0.4, -0.2) is 78.9 Å². The van der Waals surface area contributed by atoms with Crippen molar-refractivity contribution in [2.24, 2.45) is 0 Å². The lowest BCUT2D eigenvalue weighted by atomic mass is 10.1. The summed E-state index contributed by atoms with van der Waals surface area (Å²) in [6.45, 7) is 10.5. The number of aliphatic hydroxyl groups excluding tert-OH is 1. The van der Waals surface area contributed by atoms with Crippen LogP contribution >= 0.6 is 0 Å². The number of rotatable bonds is 6. The molecule has 0 spiro atoms.